The zero-order valence-electron chi connectivity index (χ0n) is 15.7. The molecule has 0 unspecified atom stereocenters. The standard InChI is InChI=1S/C19H25N3O3S2/c1-19(2)8-12-13(9-25-19)27-16-15(12)17(24)22(11-6-4-3-5-7-11)18(21-16)26-10-14(20)23/h11H,3-10H2,1-2H3,(H2,20,23). The SMILES string of the molecule is CC1(C)Cc2c(sc3nc(SCC(N)=O)n(C4CCCCC4)c(=O)c23)CO1. The van der Waals surface area contributed by atoms with Crippen LogP contribution in [0.25, 0.3) is 10.2 Å². The molecule has 1 fully saturated rings. The molecule has 0 spiro atoms. The fourth-order valence-corrected chi connectivity index (χ4v) is 6.03. The van der Waals surface area contributed by atoms with Crippen molar-refractivity contribution in [3.05, 3.63) is 20.8 Å². The number of primary amides is 1. The molecule has 2 aromatic rings. The van der Waals surface area contributed by atoms with Crippen LogP contribution in [0.2, 0.25) is 0 Å². The number of nitrogens with two attached hydrogens (primary N) is 1. The van der Waals surface area contributed by atoms with Crippen LogP contribution in [0.15, 0.2) is 9.95 Å². The molecule has 2 aromatic heterocycles. The summed E-state index contributed by atoms with van der Waals surface area (Å²) in [6.07, 6.45) is 6.15. The maximum Gasteiger partial charge on any atom is 0.263 e. The van der Waals surface area contributed by atoms with Crippen molar-refractivity contribution >= 4 is 39.2 Å². The molecule has 0 saturated heterocycles. The van der Waals surface area contributed by atoms with E-state index >= 15 is 0 Å². The first-order valence-electron chi connectivity index (χ1n) is 9.47. The summed E-state index contributed by atoms with van der Waals surface area (Å²) in [5.41, 5.74) is 6.20. The molecule has 3 heterocycles. The van der Waals surface area contributed by atoms with Gasteiger partial charge in [0.25, 0.3) is 5.56 Å². The second-order valence-electron chi connectivity index (χ2n) is 8.03. The number of aromatic nitrogens is 2. The number of fused-ring (bicyclic) bond motifs is 3. The maximum atomic E-state index is 13.6. The Kier molecular flexibility index (Phi) is 5.07. The van der Waals surface area contributed by atoms with E-state index in [2.05, 4.69) is 13.8 Å². The van der Waals surface area contributed by atoms with Gasteiger partial charge in [-0.2, -0.15) is 0 Å². The van der Waals surface area contributed by atoms with Gasteiger partial charge in [-0.1, -0.05) is 31.0 Å². The third-order valence-corrected chi connectivity index (χ3v) is 7.46. The molecule has 0 bridgehead atoms. The predicted molar refractivity (Wildman–Crippen MR) is 108 cm³/mol. The minimum absolute atomic E-state index is 0.0362. The number of carbonyl (C=O) groups is 1. The zero-order valence-corrected chi connectivity index (χ0v) is 17.4. The smallest absolute Gasteiger partial charge is 0.263 e. The number of amides is 1. The second-order valence-corrected chi connectivity index (χ2v) is 10.1. The zero-order chi connectivity index (χ0) is 19.2. The summed E-state index contributed by atoms with van der Waals surface area (Å²) < 4.78 is 7.78. The number of thioether (sulfide) groups is 1. The van der Waals surface area contributed by atoms with Crippen molar-refractivity contribution in [3.8, 4) is 0 Å². The van der Waals surface area contributed by atoms with E-state index < -0.39 is 5.91 Å². The lowest BCUT2D eigenvalue weighted by atomic mass is 9.93. The highest BCUT2D eigenvalue weighted by Gasteiger charge is 2.32. The number of hydrogen-bond acceptors (Lipinski definition) is 6. The van der Waals surface area contributed by atoms with Crippen LogP contribution in [0, 0.1) is 0 Å². The molecule has 27 heavy (non-hydrogen) atoms. The van der Waals surface area contributed by atoms with Gasteiger partial charge in [0, 0.05) is 17.3 Å². The van der Waals surface area contributed by atoms with Crippen LogP contribution in [0.4, 0.5) is 0 Å². The number of carbonyl (C=O) groups excluding carboxylic acids is 1. The number of thiophene rings is 1. The van der Waals surface area contributed by atoms with Gasteiger partial charge in [0.15, 0.2) is 5.16 Å². The first-order chi connectivity index (χ1) is 12.9. The van der Waals surface area contributed by atoms with E-state index in [-0.39, 0.29) is 23.0 Å². The van der Waals surface area contributed by atoms with Crippen LogP contribution in [-0.4, -0.2) is 26.8 Å². The van der Waals surface area contributed by atoms with Gasteiger partial charge in [-0.15, -0.1) is 11.3 Å². The first-order valence-corrected chi connectivity index (χ1v) is 11.3. The van der Waals surface area contributed by atoms with Gasteiger partial charge in [-0.3, -0.25) is 14.2 Å². The highest BCUT2D eigenvalue weighted by atomic mass is 32.2. The van der Waals surface area contributed by atoms with Crippen molar-refractivity contribution in [2.75, 3.05) is 5.75 Å². The van der Waals surface area contributed by atoms with Crippen molar-refractivity contribution in [2.24, 2.45) is 5.73 Å². The van der Waals surface area contributed by atoms with Crippen molar-refractivity contribution < 1.29 is 9.53 Å². The van der Waals surface area contributed by atoms with E-state index in [1.807, 2.05) is 4.57 Å². The van der Waals surface area contributed by atoms with E-state index in [1.165, 1.54) is 29.5 Å². The molecule has 146 valence electrons. The highest BCUT2D eigenvalue weighted by molar-refractivity contribution is 7.99. The maximum absolute atomic E-state index is 13.6. The minimum Gasteiger partial charge on any atom is -0.370 e. The van der Waals surface area contributed by atoms with E-state index in [0.717, 1.165) is 52.8 Å². The van der Waals surface area contributed by atoms with E-state index in [4.69, 9.17) is 15.5 Å². The minimum atomic E-state index is -0.398. The Balaban J connectivity index is 1.88. The lowest BCUT2D eigenvalue weighted by molar-refractivity contribution is -0.115. The Morgan fingerprint density at radius 3 is 2.81 bits per heavy atom. The molecule has 1 amide bonds. The summed E-state index contributed by atoms with van der Waals surface area (Å²) in [6.45, 7) is 4.64. The largest absolute Gasteiger partial charge is 0.370 e. The number of ether oxygens (including phenoxy) is 1. The summed E-state index contributed by atoms with van der Waals surface area (Å²) >= 11 is 2.82. The van der Waals surface area contributed by atoms with Crippen LogP contribution in [0.5, 0.6) is 0 Å². The van der Waals surface area contributed by atoms with Crippen LogP contribution in [0.1, 0.15) is 62.4 Å². The summed E-state index contributed by atoms with van der Waals surface area (Å²) in [5, 5.41) is 1.37. The first kappa shape index (κ1) is 19.0. The van der Waals surface area contributed by atoms with E-state index in [0.29, 0.717) is 11.8 Å². The Labute approximate surface area is 166 Å². The topological polar surface area (TPSA) is 87.2 Å². The molecular weight excluding hydrogens is 382 g/mol. The summed E-state index contributed by atoms with van der Waals surface area (Å²) in [4.78, 5) is 31.6. The average molecular weight is 408 g/mol. The molecule has 4 rings (SSSR count). The van der Waals surface area contributed by atoms with E-state index in [9.17, 15) is 9.59 Å². The summed E-state index contributed by atoms with van der Waals surface area (Å²) in [5.74, 6) is -0.267. The normalized spacial score (nSPS) is 19.9. The van der Waals surface area contributed by atoms with Gasteiger partial charge < -0.3 is 10.5 Å². The molecule has 0 radical (unpaired) electrons. The third-order valence-electron chi connectivity index (χ3n) is 5.39. The number of hydrogen-bond donors (Lipinski definition) is 1. The molecule has 0 aromatic carbocycles. The van der Waals surface area contributed by atoms with Crippen molar-refractivity contribution in [1.82, 2.24) is 9.55 Å². The van der Waals surface area contributed by atoms with Crippen LogP contribution in [-0.2, 0) is 22.6 Å². The number of nitrogens with zero attached hydrogens (tertiary/aromatic N) is 2. The molecule has 0 atom stereocenters. The quantitative estimate of drug-likeness (QED) is 0.620. The van der Waals surface area contributed by atoms with Gasteiger partial charge in [0.1, 0.15) is 4.83 Å². The van der Waals surface area contributed by atoms with Gasteiger partial charge in [-0.05, 0) is 32.3 Å². The van der Waals surface area contributed by atoms with Gasteiger partial charge >= 0.3 is 0 Å². The van der Waals surface area contributed by atoms with Crippen LogP contribution in [0.3, 0.4) is 0 Å². The third kappa shape index (κ3) is 3.67. The van der Waals surface area contributed by atoms with Crippen molar-refractivity contribution in [2.45, 2.75) is 75.8 Å². The molecular formula is C19H25N3O3S2. The Bertz CT molecular complexity index is 942. The van der Waals surface area contributed by atoms with Gasteiger partial charge in [-0.25, -0.2) is 4.98 Å². The van der Waals surface area contributed by atoms with Crippen molar-refractivity contribution in [1.29, 1.82) is 0 Å². The summed E-state index contributed by atoms with van der Waals surface area (Å²) in [6, 6.07) is 0.155. The molecule has 6 nitrogen and oxygen atoms in total. The fourth-order valence-electron chi connectivity index (χ4n) is 4.09. The van der Waals surface area contributed by atoms with Crippen LogP contribution < -0.4 is 11.3 Å². The monoisotopic (exact) mass is 407 g/mol. The molecule has 1 aliphatic carbocycles. The highest BCUT2D eigenvalue weighted by Crippen LogP contribution is 2.38. The van der Waals surface area contributed by atoms with E-state index in [1.54, 1.807) is 0 Å². The average Bonchev–Trinajstić information content (AvgIpc) is 2.97. The predicted octanol–water partition coefficient (Wildman–Crippen LogP) is 3.39. The molecule has 2 aliphatic rings. The number of rotatable bonds is 4. The molecule has 1 aliphatic heterocycles. The molecule has 1 saturated carbocycles. The lowest BCUT2D eigenvalue weighted by Gasteiger charge is -2.30. The lowest BCUT2D eigenvalue weighted by Crippen LogP contribution is -2.33. The Morgan fingerprint density at radius 1 is 1.37 bits per heavy atom. The van der Waals surface area contributed by atoms with Gasteiger partial charge in [0.05, 0.1) is 23.3 Å². The van der Waals surface area contributed by atoms with Crippen LogP contribution >= 0.6 is 23.1 Å². The second kappa shape index (κ2) is 7.22. The summed E-state index contributed by atoms with van der Waals surface area (Å²) in [7, 11) is 0. The molecule has 8 heteroatoms. The fraction of sp³-hybridized carbons (Fsp3) is 0.632. The van der Waals surface area contributed by atoms with Gasteiger partial charge in [0.2, 0.25) is 5.91 Å². The molecule has 2 N–H and O–H groups in total. The Morgan fingerprint density at radius 2 is 2.11 bits per heavy atom. The van der Waals surface area contributed by atoms with Crippen molar-refractivity contribution in [3.63, 3.8) is 0 Å². The Hall–Kier alpha value is -1.38.